The molecule has 1 aromatic carbocycles. The molecule has 0 radical (unpaired) electrons. The maximum atomic E-state index is 12.4. The van der Waals surface area contributed by atoms with E-state index in [1.807, 2.05) is 0 Å². The van der Waals surface area contributed by atoms with Gasteiger partial charge >= 0.3 is 5.63 Å². The van der Waals surface area contributed by atoms with Crippen molar-refractivity contribution in [2.24, 2.45) is 0 Å². The number of rotatable bonds is 4. The molecule has 0 saturated carbocycles. The topological polar surface area (TPSA) is 87.8 Å². The second-order valence-electron chi connectivity index (χ2n) is 4.51. The Morgan fingerprint density at radius 1 is 1.30 bits per heavy atom. The predicted octanol–water partition coefficient (Wildman–Crippen LogP) is 0.794. The summed E-state index contributed by atoms with van der Waals surface area (Å²) in [5.74, 6) is 0. The van der Waals surface area contributed by atoms with E-state index in [0.717, 1.165) is 4.31 Å². The Hall–Kier alpha value is -1.70. The average Bonchev–Trinajstić information content (AvgIpc) is 2.44. The van der Waals surface area contributed by atoms with Gasteiger partial charge in [-0.15, -0.1) is 0 Å². The van der Waals surface area contributed by atoms with E-state index in [4.69, 9.17) is 9.52 Å². The van der Waals surface area contributed by atoms with Crippen LogP contribution in [0, 0.1) is 0 Å². The van der Waals surface area contributed by atoms with Crippen molar-refractivity contribution in [3.05, 3.63) is 40.8 Å². The molecule has 0 fully saturated rings. The number of nitrogens with zero attached hydrogens (tertiary/aromatic N) is 1. The van der Waals surface area contributed by atoms with E-state index >= 15 is 0 Å². The van der Waals surface area contributed by atoms with E-state index in [9.17, 15) is 13.2 Å². The number of aliphatic hydroxyl groups is 1. The second-order valence-corrected chi connectivity index (χ2v) is 6.50. The van der Waals surface area contributed by atoms with Crippen molar-refractivity contribution in [1.82, 2.24) is 4.31 Å². The van der Waals surface area contributed by atoms with Crippen LogP contribution in [0.25, 0.3) is 11.0 Å². The first kappa shape index (κ1) is 14.7. The molecule has 108 valence electrons. The SMILES string of the molecule is CC(CO)N(C)S(=O)(=O)c1ccc2oc(=O)ccc2c1. The zero-order valence-corrected chi connectivity index (χ0v) is 11.9. The maximum absolute atomic E-state index is 12.4. The quantitative estimate of drug-likeness (QED) is 0.843. The Morgan fingerprint density at radius 3 is 2.65 bits per heavy atom. The van der Waals surface area contributed by atoms with Gasteiger partial charge in [-0.3, -0.25) is 0 Å². The highest BCUT2D eigenvalue weighted by Gasteiger charge is 2.25. The van der Waals surface area contributed by atoms with Gasteiger partial charge in [0, 0.05) is 24.5 Å². The molecule has 0 amide bonds. The molecular formula is C13H15NO5S. The van der Waals surface area contributed by atoms with Gasteiger partial charge in [0.25, 0.3) is 0 Å². The van der Waals surface area contributed by atoms with Crippen molar-refractivity contribution in [1.29, 1.82) is 0 Å². The molecule has 7 heteroatoms. The third kappa shape index (κ3) is 2.60. The molecule has 1 unspecified atom stereocenters. The summed E-state index contributed by atoms with van der Waals surface area (Å²) in [5.41, 5.74) is -0.159. The molecule has 0 spiro atoms. The Kier molecular flexibility index (Phi) is 3.94. The Bertz CT molecular complexity index is 781. The Labute approximate surface area is 116 Å². The molecule has 0 aliphatic carbocycles. The zero-order valence-electron chi connectivity index (χ0n) is 11.1. The molecule has 20 heavy (non-hydrogen) atoms. The first-order valence-electron chi connectivity index (χ1n) is 5.99. The van der Waals surface area contributed by atoms with E-state index in [1.165, 1.54) is 37.4 Å². The largest absolute Gasteiger partial charge is 0.423 e. The number of sulfonamides is 1. The van der Waals surface area contributed by atoms with Crippen LogP contribution in [0.1, 0.15) is 6.92 Å². The fraction of sp³-hybridized carbons (Fsp3) is 0.308. The summed E-state index contributed by atoms with van der Waals surface area (Å²) in [4.78, 5) is 11.2. The monoisotopic (exact) mass is 297 g/mol. The summed E-state index contributed by atoms with van der Waals surface area (Å²) in [7, 11) is -2.29. The lowest BCUT2D eigenvalue weighted by Gasteiger charge is -2.22. The lowest BCUT2D eigenvalue weighted by atomic mass is 10.2. The minimum absolute atomic E-state index is 0.0849. The zero-order chi connectivity index (χ0) is 14.9. The second kappa shape index (κ2) is 5.35. The van der Waals surface area contributed by atoms with E-state index in [0.29, 0.717) is 11.0 Å². The molecule has 1 aromatic heterocycles. The molecule has 1 N–H and O–H groups in total. The van der Waals surface area contributed by atoms with Crippen LogP contribution in [-0.4, -0.2) is 37.5 Å². The van der Waals surface area contributed by atoms with Gasteiger partial charge in [-0.05, 0) is 31.2 Å². The summed E-state index contributed by atoms with van der Waals surface area (Å²) >= 11 is 0. The minimum atomic E-state index is -3.70. The van der Waals surface area contributed by atoms with Gasteiger partial charge in [-0.1, -0.05) is 0 Å². The van der Waals surface area contributed by atoms with Crippen molar-refractivity contribution in [3.8, 4) is 0 Å². The highest BCUT2D eigenvalue weighted by molar-refractivity contribution is 7.89. The number of hydrogen-bond acceptors (Lipinski definition) is 5. The summed E-state index contributed by atoms with van der Waals surface area (Å²) in [6, 6.07) is 6.48. The highest BCUT2D eigenvalue weighted by atomic mass is 32.2. The summed E-state index contributed by atoms with van der Waals surface area (Å²) in [5, 5.41) is 9.59. The van der Waals surface area contributed by atoms with Crippen molar-refractivity contribution in [2.45, 2.75) is 17.9 Å². The predicted molar refractivity (Wildman–Crippen MR) is 74.0 cm³/mol. The molecule has 0 saturated heterocycles. The van der Waals surface area contributed by atoms with E-state index in [1.54, 1.807) is 6.92 Å². The van der Waals surface area contributed by atoms with Crippen LogP contribution in [-0.2, 0) is 10.0 Å². The first-order chi connectivity index (χ1) is 9.36. The van der Waals surface area contributed by atoms with Crippen LogP contribution in [0.5, 0.6) is 0 Å². The van der Waals surface area contributed by atoms with Crippen molar-refractivity contribution in [3.63, 3.8) is 0 Å². The van der Waals surface area contributed by atoms with Gasteiger partial charge < -0.3 is 9.52 Å². The van der Waals surface area contributed by atoms with Crippen molar-refractivity contribution >= 4 is 21.0 Å². The molecule has 1 atom stereocenters. The third-order valence-electron chi connectivity index (χ3n) is 3.15. The standard InChI is InChI=1S/C13H15NO5S/c1-9(8-15)14(2)20(17,18)11-4-5-12-10(7-11)3-6-13(16)19-12/h3-7,9,15H,8H2,1-2H3. The van der Waals surface area contributed by atoms with E-state index in [-0.39, 0.29) is 11.5 Å². The van der Waals surface area contributed by atoms with Crippen LogP contribution in [0.3, 0.4) is 0 Å². The van der Waals surface area contributed by atoms with Crippen molar-refractivity contribution in [2.75, 3.05) is 13.7 Å². The number of likely N-dealkylation sites (N-methyl/N-ethyl adjacent to an activating group) is 1. The third-order valence-corrected chi connectivity index (χ3v) is 5.12. The van der Waals surface area contributed by atoms with Crippen LogP contribution in [0.15, 0.2) is 44.4 Å². The molecule has 1 heterocycles. The van der Waals surface area contributed by atoms with Gasteiger partial charge in [0.15, 0.2) is 0 Å². The molecule has 2 rings (SSSR count). The van der Waals surface area contributed by atoms with E-state index in [2.05, 4.69) is 0 Å². The summed E-state index contributed by atoms with van der Waals surface area (Å²) in [6.45, 7) is 1.34. The van der Waals surface area contributed by atoms with Crippen molar-refractivity contribution < 1.29 is 17.9 Å². The smallest absolute Gasteiger partial charge is 0.336 e. The minimum Gasteiger partial charge on any atom is -0.423 e. The number of fused-ring (bicyclic) bond motifs is 1. The normalized spacial score (nSPS) is 13.8. The van der Waals surface area contributed by atoms with Gasteiger partial charge in [0.2, 0.25) is 10.0 Å². The van der Waals surface area contributed by atoms with Crippen LogP contribution >= 0.6 is 0 Å². The number of aliphatic hydroxyl groups excluding tert-OH is 1. The lowest BCUT2D eigenvalue weighted by molar-refractivity contribution is 0.214. The molecule has 0 bridgehead atoms. The van der Waals surface area contributed by atoms with Gasteiger partial charge in [-0.25, -0.2) is 13.2 Å². The Balaban J connectivity index is 2.52. The first-order valence-corrected chi connectivity index (χ1v) is 7.43. The van der Waals surface area contributed by atoms with Crippen LogP contribution < -0.4 is 5.63 Å². The van der Waals surface area contributed by atoms with Crippen LogP contribution in [0.4, 0.5) is 0 Å². The fourth-order valence-corrected chi connectivity index (χ4v) is 3.12. The average molecular weight is 297 g/mol. The fourth-order valence-electron chi connectivity index (χ4n) is 1.73. The molecule has 6 nitrogen and oxygen atoms in total. The maximum Gasteiger partial charge on any atom is 0.336 e. The van der Waals surface area contributed by atoms with E-state index < -0.39 is 21.7 Å². The summed E-state index contributed by atoms with van der Waals surface area (Å²) in [6.07, 6.45) is 0. The number of hydrogen-bond donors (Lipinski definition) is 1. The highest BCUT2D eigenvalue weighted by Crippen LogP contribution is 2.21. The number of benzene rings is 1. The van der Waals surface area contributed by atoms with Gasteiger partial charge in [-0.2, -0.15) is 4.31 Å². The lowest BCUT2D eigenvalue weighted by Crippen LogP contribution is -2.37. The molecular weight excluding hydrogens is 282 g/mol. The van der Waals surface area contributed by atoms with Gasteiger partial charge in [0.05, 0.1) is 11.5 Å². The van der Waals surface area contributed by atoms with Gasteiger partial charge in [0.1, 0.15) is 5.58 Å². The Morgan fingerprint density at radius 2 is 2.00 bits per heavy atom. The molecule has 2 aromatic rings. The summed E-state index contributed by atoms with van der Waals surface area (Å²) < 4.78 is 30.8. The van der Waals surface area contributed by atoms with Crippen LogP contribution in [0.2, 0.25) is 0 Å². The molecule has 0 aliphatic rings. The molecule has 0 aliphatic heterocycles.